The molecule has 2 rings (SSSR count). The molecule has 19 heavy (non-hydrogen) atoms. The highest BCUT2D eigenvalue weighted by atomic mass is 14.0. The highest BCUT2D eigenvalue weighted by Crippen LogP contribution is 2.18. The molecule has 0 heteroatoms. The van der Waals surface area contributed by atoms with Gasteiger partial charge in [-0.25, -0.2) is 0 Å². The summed E-state index contributed by atoms with van der Waals surface area (Å²) in [6, 6.07) is 8.71. The Morgan fingerprint density at radius 1 is 1.16 bits per heavy atom. The molecule has 0 amide bonds. The molecule has 1 aliphatic rings. The molecule has 0 saturated heterocycles. The van der Waals surface area contributed by atoms with E-state index in [9.17, 15) is 0 Å². The number of hydrogen-bond acceptors (Lipinski definition) is 0. The summed E-state index contributed by atoms with van der Waals surface area (Å²) in [6.45, 7) is 4.22. The van der Waals surface area contributed by atoms with Crippen LogP contribution in [0.1, 0.15) is 37.3 Å². The van der Waals surface area contributed by atoms with E-state index in [-0.39, 0.29) is 0 Å². The van der Waals surface area contributed by atoms with Crippen molar-refractivity contribution in [3.8, 4) is 0 Å². The Labute approximate surface area is 116 Å². The Hall–Kier alpha value is -1.82. The minimum absolute atomic E-state index is 1.03. The molecule has 1 aromatic rings. The van der Waals surface area contributed by atoms with Gasteiger partial charge in [0.15, 0.2) is 0 Å². The first-order chi connectivity index (χ1) is 9.29. The van der Waals surface area contributed by atoms with Gasteiger partial charge >= 0.3 is 0 Å². The van der Waals surface area contributed by atoms with Gasteiger partial charge in [-0.1, -0.05) is 66.3 Å². The zero-order valence-electron chi connectivity index (χ0n) is 11.9. The fraction of sp³-hybridized carbons (Fsp3) is 0.263. The minimum Gasteiger partial charge on any atom is -0.0840 e. The lowest BCUT2D eigenvalue weighted by atomic mass is 10.0. The Kier molecular flexibility index (Phi) is 4.97. The second-order valence-electron chi connectivity index (χ2n) is 4.98. The van der Waals surface area contributed by atoms with E-state index in [1.165, 1.54) is 35.1 Å². The smallest absolute Gasteiger partial charge is 0.00974 e. The second kappa shape index (κ2) is 6.94. The molecule has 0 fully saturated rings. The number of rotatable bonds is 4. The standard InChI is InChI=1S/C19H22/c1-3-18(19-14-12-16(2)13-15-19)11-7-10-17-8-5-4-6-9-17/h3,5,7-9,11-15H,4,6,10H2,1-2H3/b11-7-,18-3+. The summed E-state index contributed by atoms with van der Waals surface area (Å²) in [6.07, 6.45) is 16.9. The van der Waals surface area contributed by atoms with E-state index in [1.807, 2.05) is 0 Å². The first kappa shape index (κ1) is 13.6. The first-order valence-electron chi connectivity index (χ1n) is 7.05. The van der Waals surface area contributed by atoms with Gasteiger partial charge in [-0.05, 0) is 49.8 Å². The van der Waals surface area contributed by atoms with Gasteiger partial charge in [0.05, 0.1) is 0 Å². The third-order valence-electron chi connectivity index (χ3n) is 3.42. The molecule has 1 aromatic carbocycles. The fourth-order valence-electron chi connectivity index (χ4n) is 2.25. The predicted octanol–water partition coefficient (Wildman–Crippen LogP) is 5.62. The molecule has 98 valence electrons. The highest BCUT2D eigenvalue weighted by molar-refractivity contribution is 5.73. The van der Waals surface area contributed by atoms with Gasteiger partial charge in [-0.3, -0.25) is 0 Å². The van der Waals surface area contributed by atoms with Crippen molar-refractivity contribution in [1.29, 1.82) is 0 Å². The van der Waals surface area contributed by atoms with Crippen LogP contribution >= 0.6 is 0 Å². The Morgan fingerprint density at radius 3 is 2.58 bits per heavy atom. The van der Waals surface area contributed by atoms with Crippen LogP contribution in [0.5, 0.6) is 0 Å². The van der Waals surface area contributed by atoms with Crippen LogP contribution < -0.4 is 0 Å². The van der Waals surface area contributed by atoms with Crippen molar-refractivity contribution in [3.63, 3.8) is 0 Å². The van der Waals surface area contributed by atoms with Gasteiger partial charge in [-0.2, -0.15) is 0 Å². The van der Waals surface area contributed by atoms with Crippen molar-refractivity contribution in [1.82, 2.24) is 0 Å². The summed E-state index contributed by atoms with van der Waals surface area (Å²) >= 11 is 0. The Bertz CT molecular complexity index is 522. The lowest BCUT2D eigenvalue weighted by molar-refractivity contribution is 1.00. The maximum absolute atomic E-state index is 2.34. The summed E-state index contributed by atoms with van der Waals surface area (Å²) in [4.78, 5) is 0. The average Bonchev–Trinajstić information content (AvgIpc) is 2.46. The number of aryl methyl sites for hydroxylation is 1. The molecule has 0 bridgehead atoms. The van der Waals surface area contributed by atoms with Crippen molar-refractivity contribution in [2.75, 3.05) is 0 Å². The van der Waals surface area contributed by atoms with Crippen LogP contribution in [0.2, 0.25) is 0 Å². The lowest BCUT2D eigenvalue weighted by Gasteiger charge is -2.05. The van der Waals surface area contributed by atoms with Crippen LogP contribution in [0.15, 0.2) is 66.3 Å². The molecule has 0 radical (unpaired) electrons. The predicted molar refractivity (Wildman–Crippen MR) is 85.0 cm³/mol. The monoisotopic (exact) mass is 250 g/mol. The van der Waals surface area contributed by atoms with Gasteiger partial charge in [0, 0.05) is 0 Å². The molecular formula is C19H22. The molecule has 0 aromatic heterocycles. The average molecular weight is 250 g/mol. The second-order valence-corrected chi connectivity index (χ2v) is 4.98. The van der Waals surface area contributed by atoms with E-state index < -0.39 is 0 Å². The van der Waals surface area contributed by atoms with Crippen LogP contribution in [-0.4, -0.2) is 0 Å². The van der Waals surface area contributed by atoms with Gasteiger partial charge in [0.25, 0.3) is 0 Å². The zero-order chi connectivity index (χ0) is 13.5. The number of allylic oxidation sites excluding steroid dienone is 8. The van der Waals surface area contributed by atoms with E-state index in [0.29, 0.717) is 0 Å². The van der Waals surface area contributed by atoms with Crippen LogP contribution in [0.3, 0.4) is 0 Å². The molecule has 0 spiro atoms. The van der Waals surface area contributed by atoms with Crippen molar-refractivity contribution < 1.29 is 0 Å². The van der Waals surface area contributed by atoms with Gasteiger partial charge in [-0.15, -0.1) is 0 Å². The zero-order valence-corrected chi connectivity index (χ0v) is 11.9. The molecule has 0 heterocycles. The van der Waals surface area contributed by atoms with E-state index in [2.05, 4.69) is 74.6 Å². The van der Waals surface area contributed by atoms with Gasteiger partial charge in [0.2, 0.25) is 0 Å². The van der Waals surface area contributed by atoms with Crippen molar-refractivity contribution >= 4 is 5.57 Å². The molecule has 0 unspecified atom stereocenters. The van der Waals surface area contributed by atoms with E-state index >= 15 is 0 Å². The summed E-state index contributed by atoms with van der Waals surface area (Å²) in [5.74, 6) is 0. The summed E-state index contributed by atoms with van der Waals surface area (Å²) in [5.41, 5.74) is 5.32. The van der Waals surface area contributed by atoms with Crippen LogP contribution in [-0.2, 0) is 0 Å². The SMILES string of the molecule is C/C=C(\C=C/CC1=CCCC=C1)c1ccc(C)cc1. The molecule has 0 aliphatic heterocycles. The van der Waals surface area contributed by atoms with Crippen molar-refractivity contribution in [2.45, 2.75) is 33.1 Å². The third kappa shape index (κ3) is 4.10. The highest BCUT2D eigenvalue weighted by Gasteiger charge is 1.97. The maximum Gasteiger partial charge on any atom is -0.00974 e. The van der Waals surface area contributed by atoms with Crippen LogP contribution in [0.4, 0.5) is 0 Å². The topological polar surface area (TPSA) is 0 Å². The largest absolute Gasteiger partial charge is 0.0840 e. The molecule has 0 atom stereocenters. The van der Waals surface area contributed by atoms with Crippen molar-refractivity contribution in [3.05, 3.63) is 77.4 Å². The Morgan fingerprint density at radius 2 is 1.95 bits per heavy atom. The molecule has 1 aliphatic carbocycles. The minimum atomic E-state index is 1.03. The molecule has 0 N–H and O–H groups in total. The van der Waals surface area contributed by atoms with E-state index in [0.717, 1.165) is 6.42 Å². The maximum atomic E-state index is 2.34. The normalized spacial score (nSPS) is 15.9. The first-order valence-corrected chi connectivity index (χ1v) is 7.05. The van der Waals surface area contributed by atoms with Gasteiger partial charge in [0.1, 0.15) is 0 Å². The van der Waals surface area contributed by atoms with Crippen molar-refractivity contribution in [2.24, 2.45) is 0 Å². The molecule has 0 saturated carbocycles. The quantitative estimate of drug-likeness (QED) is 0.608. The van der Waals surface area contributed by atoms with Crippen LogP contribution in [0.25, 0.3) is 5.57 Å². The van der Waals surface area contributed by atoms with E-state index in [1.54, 1.807) is 0 Å². The lowest BCUT2D eigenvalue weighted by Crippen LogP contribution is -1.84. The van der Waals surface area contributed by atoms with E-state index in [4.69, 9.17) is 0 Å². The number of benzene rings is 1. The molecular weight excluding hydrogens is 228 g/mol. The van der Waals surface area contributed by atoms with Crippen LogP contribution in [0, 0.1) is 6.92 Å². The van der Waals surface area contributed by atoms with Gasteiger partial charge < -0.3 is 0 Å². The third-order valence-corrected chi connectivity index (χ3v) is 3.42. The summed E-state index contributed by atoms with van der Waals surface area (Å²) in [5, 5.41) is 0. The summed E-state index contributed by atoms with van der Waals surface area (Å²) in [7, 11) is 0. The summed E-state index contributed by atoms with van der Waals surface area (Å²) < 4.78 is 0. The Balaban J connectivity index is 2.01. The number of hydrogen-bond donors (Lipinski definition) is 0. The molecule has 0 nitrogen and oxygen atoms in total. The fourth-order valence-corrected chi connectivity index (χ4v) is 2.25.